The molecule has 1 aromatic heterocycles. The van der Waals surface area contributed by atoms with Gasteiger partial charge in [-0.3, -0.25) is 5.10 Å². The molecule has 0 amide bonds. The molecule has 0 radical (unpaired) electrons. The quantitative estimate of drug-likeness (QED) is 0.549. The summed E-state index contributed by atoms with van der Waals surface area (Å²) < 4.78 is 5.12. The summed E-state index contributed by atoms with van der Waals surface area (Å²) in [5, 5.41) is 10.0. The molecule has 0 saturated heterocycles. The van der Waals surface area contributed by atoms with Crippen LogP contribution in [0.1, 0.15) is 19.2 Å². The van der Waals surface area contributed by atoms with Crippen LogP contribution >= 0.6 is 0 Å². The Kier molecular flexibility index (Phi) is 5.14. The third kappa shape index (κ3) is 4.20. The minimum absolute atomic E-state index is 0.367. The molecule has 0 bridgehead atoms. The molecule has 2 rings (SSSR count). The number of hydrogen-bond acceptors (Lipinski definition) is 4. The molecule has 7 nitrogen and oxygen atoms in total. The van der Waals surface area contributed by atoms with Crippen molar-refractivity contribution in [2.24, 2.45) is 10.7 Å². The molecule has 0 spiro atoms. The van der Waals surface area contributed by atoms with Gasteiger partial charge in [0.15, 0.2) is 11.8 Å². The maximum absolute atomic E-state index is 5.72. The van der Waals surface area contributed by atoms with Gasteiger partial charge in [-0.15, -0.1) is 0 Å². The van der Waals surface area contributed by atoms with E-state index in [9.17, 15) is 0 Å². The van der Waals surface area contributed by atoms with Crippen molar-refractivity contribution in [3.63, 3.8) is 0 Å². The molecule has 0 unspecified atom stereocenters. The maximum Gasteiger partial charge on any atom is 0.189 e. The van der Waals surface area contributed by atoms with Gasteiger partial charge in [-0.2, -0.15) is 5.10 Å². The molecule has 0 atom stereocenters. The van der Waals surface area contributed by atoms with Gasteiger partial charge in [0.1, 0.15) is 18.1 Å². The van der Waals surface area contributed by atoms with Gasteiger partial charge in [-0.05, 0) is 30.7 Å². The fourth-order valence-corrected chi connectivity index (χ4v) is 1.70. The largest absolute Gasteiger partial charge is 0.497 e. The van der Waals surface area contributed by atoms with E-state index in [1.807, 2.05) is 24.3 Å². The van der Waals surface area contributed by atoms with Crippen LogP contribution in [-0.4, -0.2) is 34.8 Å². The molecule has 0 fully saturated rings. The number of benzene rings is 1. The number of rotatable bonds is 6. The molecular weight excluding hydrogens is 268 g/mol. The van der Waals surface area contributed by atoms with E-state index in [2.05, 4.69) is 32.4 Å². The van der Waals surface area contributed by atoms with Crippen molar-refractivity contribution in [3.05, 3.63) is 30.1 Å². The number of aliphatic imine (C=N–C) groups is 1. The fraction of sp³-hybridized carbons (Fsp3) is 0.357. The lowest BCUT2D eigenvalue weighted by molar-refractivity contribution is 0.415. The maximum atomic E-state index is 5.72. The van der Waals surface area contributed by atoms with E-state index in [4.69, 9.17) is 10.5 Å². The van der Waals surface area contributed by atoms with E-state index >= 15 is 0 Å². The van der Waals surface area contributed by atoms with Gasteiger partial charge in [0.25, 0.3) is 0 Å². The Bertz CT molecular complexity index is 590. The molecule has 0 aliphatic carbocycles. The topological polar surface area (TPSA) is 101 Å². The number of methoxy groups -OCH3 is 1. The molecule has 21 heavy (non-hydrogen) atoms. The Morgan fingerprint density at radius 3 is 2.81 bits per heavy atom. The average Bonchev–Trinajstić information content (AvgIpc) is 3.00. The zero-order chi connectivity index (χ0) is 15.1. The Morgan fingerprint density at radius 2 is 2.14 bits per heavy atom. The standard InChI is InChI=1S/C14H20N6O/c1-3-8-16-14(15)17-9-12-18-13(20-19-12)10-4-6-11(21-2)7-5-10/h4-7H,3,8-9H2,1-2H3,(H3,15,16,17)(H,18,19,20). The van der Waals surface area contributed by atoms with Crippen LogP contribution in [0.3, 0.4) is 0 Å². The van der Waals surface area contributed by atoms with Crippen molar-refractivity contribution >= 4 is 5.96 Å². The van der Waals surface area contributed by atoms with Gasteiger partial charge in [-0.25, -0.2) is 9.98 Å². The number of nitrogens with zero attached hydrogens (tertiary/aromatic N) is 3. The number of nitrogens with two attached hydrogens (primary N) is 1. The number of aromatic nitrogens is 3. The van der Waals surface area contributed by atoms with E-state index in [0.717, 1.165) is 24.3 Å². The van der Waals surface area contributed by atoms with Crippen LogP contribution in [-0.2, 0) is 6.54 Å². The second-order valence-corrected chi connectivity index (χ2v) is 4.46. The summed E-state index contributed by atoms with van der Waals surface area (Å²) in [7, 11) is 1.63. The Balaban J connectivity index is 2.00. The summed E-state index contributed by atoms with van der Waals surface area (Å²) in [5.74, 6) is 2.51. The SMILES string of the molecule is CCCNC(N)=NCc1nc(-c2ccc(OC)cc2)n[nH]1. The zero-order valence-corrected chi connectivity index (χ0v) is 12.3. The lowest BCUT2D eigenvalue weighted by Crippen LogP contribution is -2.32. The molecule has 112 valence electrons. The Morgan fingerprint density at radius 1 is 1.38 bits per heavy atom. The highest BCUT2D eigenvalue weighted by Crippen LogP contribution is 2.18. The van der Waals surface area contributed by atoms with Crippen LogP contribution in [0.2, 0.25) is 0 Å². The predicted molar refractivity (Wildman–Crippen MR) is 82.0 cm³/mol. The molecule has 1 heterocycles. The average molecular weight is 288 g/mol. The molecule has 2 aromatic rings. The first-order chi connectivity index (χ1) is 10.2. The summed E-state index contributed by atoms with van der Waals surface area (Å²) in [6, 6.07) is 7.56. The number of guanidine groups is 1. The van der Waals surface area contributed by atoms with Gasteiger partial charge in [0, 0.05) is 12.1 Å². The highest BCUT2D eigenvalue weighted by atomic mass is 16.5. The smallest absolute Gasteiger partial charge is 0.189 e. The Labute approximate surface area is 123 Å². The number of H-pyrrole nitrogens is 1. The van der Waals surface area contributed by atoms with Crippen molar-refractivity contribution in [2.75, 3.05) is 13.7 Å². The van der Waals surface area contributed by atoms with Crippen LogP contribution in [0.25, 0.3) is 11.4 Å². The number of ether oxygens (including phenoxy) is 1. The molecule has 1 aromatic carbocycles. The van der Waals surface area contributed by atoms with Gasteiger partial charge in [-0.1, -0.05) is 6.92 Å². The normalized spacial score (nSPS) is 11.4. The van der Waals surface area contributed by atoms with Gasteiger partial charge in [0.2, 0.25) is 0 Å². The van der Waals surface area contributed by atoms with Crippen LogP contribution in [0.15, 0.2) is 29.3 Å². The van der Waals surface area contributed by atoms with E-state index < -0.39 is 0 Å². The number of hydrogen-bond donors (Lipinski definition) is 3. The minimum atomic E-state index is 0.367. The van der Waals surface area contributed by atoms with Crippen LogP contribution in [0.4, 0.5) is 0 Å². The molecule has 7 heteroatoms. The highest BCUT2D eigenvalue weighted by Gasteiger charge is 2.05. The first-order valence-corrected chi connectivity index (χ1v) is 6.82. The molecule has 0 aliphatic heterocycles. The van der Waals surface area contributed by atoms with Gasteiger partial charge < -0.3 is 15.8 Å². The summed E-state index contributed by atoms with van der Waals surface area (Å²) in [6.45, 7) is 3.24. The van der Waals surface area contributed by atoms with E-state index in [1.165, 1.54) is 0 Å². The van der Waals surface area contributed by atoms with Gasteiger partial charge >= 0.3 is 0 Å². The number of aromatic amines is 1. The number of nitrogens with one attached hydrogen (secondary N) is 2. The predicted octanol–water partition coefficient (Wildman–Crippen LogP) is 1.29. The van der Waals surface area contributed by atoms with Crippen LogP contribution in [0, 0.1) is 0 Å². The van der Waals surface area contributed by atoms with Crippen LogP contribution < -0.4 is 15.8 Å². The highest BCUT2D eigenvalue weighted by molar-refractivity contribution is 5.77. The Hall–Kier alpha value is -2.57. The summed E-state index contributed by atoms with van der Waals surface area (Å²) >= 11 is 0. The van der Waals surface area contributed by atoms with Gasteiger partial charge in [0.05, 0.1) is 7.11 Å². The second kappa shape index (κ2) is 7.28. The summed E-state index contributed by atoms with van der Waals surface area (Å²) in [6.07, 6.45) is 1.00. The molecule has 0 saturated carbocycles. The third-order valence-corrected chi connectivity index (χ3v) is 2.84. The molecule has 0 aliphatic rings. The lowest BCUT2D eigenvalue weighted by Gasteiger charge is -2.01. The van der Waals surface area contributed by atoms with E-state index in [0.29, 0.717) is 24.2 Å². The molecule has 4 N–H and O–H groups in total. The second-order valence-electron chi connectivity index (χ2n) is 4.46. The summed E-state index contributed by atoms with van der Waals surface area (Å²) in [5.41, 5.74) is 6.64. The minimum Gasteiger partial charge on any atom is -0.497 e. The summed E-state index contributed by atoms with van der Waals surface area (Å²) in [4.78, 5) is 8.59. The lowest BCUT2D eigenvalue weighted by atomic mass is 10.2. The fourth-order valence-electron chi connectivity index (χ4n) is 1.70. The van der Waals surface area contributed by atoms with E-state index in [1.54, 1.807) is 7.11 Å². The van der Waals surface area contributed by atoms with E-state index in [-0.39, 0.29) is 0 Å². The first kappa shape index (κ1) is 14.8. The van der Waals surface area contributed by atoms with Crippen molar-refractivity contribution in [1.82, 2.24) is 20.5 Å². The van der Waals surface area contributed by atoms with Crippen molar-refractivity contribution in [2.45, 2.75) is 19.9 Å². The zero-order valence-electron chi connectivity index (χ0n) is 12.3. The van der Waals surface area contributed by atoms with Crippen molar-refractivity contribution in [1.29, 1.82) is 0 Å². The van der Waals surface area contributed by atoms with Crippen molar-refractivity contribution in [3.8, 4) is 17.1 Å². The third-order valence-electron chi connectivity index (χ3n) is 2.84. The first-order valence-electron chi connectivity index (χ1n) is 6.82. The van der Waals surface area contributed by atoms with Crippen molar-refractivity contribution < 1.29 is 4.74 Å². The van der Waals surface area contributed by atoms with Crippen LogP contribution in [0.5, 0.6) is 5.75 Å². The monoisotopic (exact) mass is 288 g/mol. The molecular formula is C14H20N6O.